The van der Waals surface area contributed by atoms with E-state index in [1.165, 1.54) is 11.0 Å². The SMILES string of the molecule is Cc1ccnc2c1N(C(=O)CN1CCN(C3=CC4C(=CC(C(=O)O)=CN4C4CC4)C=C3F)CC1)C(=O)c1cccnc1N2C1CC1. The summed E-state index contributed by atoms with van der Waals surface area (Å²) >= 11 is 0. The molecule has 2 aromatic heterocycles. The lowest BCUT2D eigenvalue weighted by Crippen LogP contribution is -2.51. The third-order valence-electron chi connectivity index (χ3n) is 9.58. The van der Waals surface area contributed by atoms with Gasteiger partial charge in [0.1, 0.15) is 11.6 Å². The summed E-state index contributed by atoms with van der Waals surface area (Å²) in [5.41, 5.74) is 2.95. The van der Waals surface area contributed by atoms with Crippen LogP contribution in [0.1, 0.15) is 41.6 Å². The van der Waals surface area contributed by atoms with Gasteiger partial charge >= 0.3 is 5.97 Å². The first kappa shape index (κ1) is 28.6. The highest BCUT2D eigenvalue weighted by Crippen LogP contribution is 2.46. The van der Waals surface area contributed by atoms with Crippen molar-refractivity contribution in [1.82, 2.24) is 24.7 Å². The number of carboxylic acid groups (broad SMARTS) is 1. The van der Waals surface area contributed by atoms with Gasteiger partial charge in [-0.05, 0) is 80.2 Å². The molecule has 3 aliphatic heterocycles. The van der Waals surface area contributed by atoms with Crippen LogP contribution in [0.15, 0.2) is 77.7 Å². The zero-order chi connectivity index (χ0) is 31.7. The first-order chi connectivity index (χ1) is 22.3. The fourth-order valence-corrected chi connectivity index (χ4v) is 6.95. The Balaban J connectivity index is 1.01. The number of hydrogen-bond acceptors (Lipinski definition) is 9. The third kappa shape index (κ3) is 4.87. The number of aromatic nitrogens is 2. The lowest BCUT2D eigenvalue weighted by Gasteiger charge is -2.40. The van der Waals surface area contributed by atoms with E-state index in [0.717, 1.165) is 31.2 Å². The molecule has 0 bridgehead atoms. The lowest BCUT2D eigenvalue weighted by molar-refractivity contribution is -0.132. The van der Waals surface area contributed by atoms with Gasteiger partial charge in [0.05, 0.1) is 35.1 Å². The Morgan fingerprint density at radius 3 is 2.43 bits per heavy atom. The van der Waals surface area contributed by atoms with Crippen molar-refractivity contribution in [3.8, 4) is 0 Å². The minimum atomic E-state index is -1.02. The van der Waals surface area contributed by atoms with E-state index in [-0.39, 0.29) is 36.2 Å². The van der Waals surface area contributed by atoms with Crippen molar-refractivity contribution < 1.29 is 23.9 Å². The number of halogens is 1. The number of aryl methyl sites for hydroxylation is 1. The van der Waals surface area contributed by atoms with Crippen molar-refractivity contribution in [1.29, 1.82) is 0 Å². The number of hydrogen-bond donors (Lipinski definition) is 1. The van der Waals surface area contributed by atoms with Gasteiger partial charge in [0, 0.05) is 56.9 Å². The summed E-state index contributed by atoms with van der Waals surface area (Å²) in [5, 5.41) is 9.57. The highest BCUT2D eigenvalue weighted by Gasteiger charge is 2.43. The molecule has 6 aliphatic rings. The maximum Gasteiger partial charge on any atom is 0.337 e. The standard InChI is InChI=1S/C34H34FN7O4/c1-20-8-10-37-32-30(20)42(33(44)25-3-2-9-36-31(25)41(32)24-6-7-24)29(43)19-38-11-13-39(14-12-38)28-17-27-21(16-26(28)35)15-22(34(45)46)18-40(27)23-4-5-23/h2-3,8-10,15-18,23-24,27H,4-7,11-14,19H2,1H3,(H,45,46). The van der Waals surface area contributed by atoms with Crippen molar-refractivity contribution in [3.05, 3.63) is 88.8 Å². The normalized spacial score (nSPS) is 23.0. The molecule has 3 aliphatic carbocycles. The molecule has 11 nitrogen and oxygen atoms in total. The molecule has 0 spiro atoms. The van der Waals surface area contributed by atoms with Crippen LogP contribution in [-0.4, -0.2) is 98.4 Å². The molecule has 0 aromatic carbocycles. The Morgan fingerprint density at radius 1 is 0.978 bits per heavy atom. The van der Waals surface area contributed by atoms with Crippen molar-refractivity contribution in [2.75, 3.05) is 42.5 Å². The number of carbonyl (C=O) groups is 3. The molecule has 236 valence electrons. The van der Waals surface area contributed by atoms with Crippen molar-refractivity contribution in [2.45, 2.75) is 50.7 Å². The molecule has 12 heteroatoms. The number of carbonyl (C=O) groups excluding carboxylic acids is 2. The van der Waals surface area contributed by atoms with Gasteiger partial charge in [-0.25, -0.2) is 24.1 Å². The van der Waals surface area contributed by atoms with E-state index < -0.39 is 17.7 Å². The van der Waals surface area contributed by atoms with Crippen LogP contribution in [0.2, 0.25) is 0 Å². The number of piperazine rings is 1. The number of aliphatic carboxylic acids is 1. The molecule has 1 atom stereocenters. The first-order valence-electron chi connectivity index (χ1n) is 15.9. The minimum Gasteiger partial charge on any atom is -0.478 e. The molecule has 2 saturated carbocycles. The third-order valence-corrected chi connectivity index (χ3v) is 9.58. The first-order valence-corrected chi connectivity index (χ1v) is 15.9. The minimum absolute atomic E-state index is 0.0253. The molecule has 5 heterocycles. The molecule has 46 heavy (non-hydrogen) atoms. The second-order valence-corrected chi connectivity index (χ2v) is 12.8. The molecular weight excluding hydrogens is 589 g/mol. The Labute approximate surface area is 265 Å². The Kier molecular flexibility index (Phi) is 6.78. The lowest BCUT2D eigenvalue weighted by atomic mass is 9.92. The summed E-state index contributed by atoms with van der Waals surface area (Å²) in [4.78, 5) is 58.3. The van der Waals surface area contributed by atoms with Crippen LogP contribution < -0.4 is 9.80 Å². The Morgan fingerprint density at radius 2 is 1.72 bits per heavy atom. The van der Waals surface area contributed by atoms with Gasteiger partial charge in [0.15, 0.2) is 5.82 Å². The van der Waals surface area contributed by atoms with Gasteiger partial charge < -0.3 is 19.8 Å². The van der Waals surface area contributed by atoms with Crippen molar-refractivity contribution >= 4 is 35.1 Å². The topological polar surface area (TPSA) is 113 Å². The summed E-state index contributed by atoms with van der Waals surface area (Å²) in [5.74, 6) is -1.08. The number of allylic oxidation sites excluding steroid dienone is 1. The molecule has 0 radical (unpaired) electrons. The van der Waals surface area contributed by atoms with E-state index in [4.69, 9.17) is 0 Å². The quantitative estimate of drug-likeness (QED) is 0.511. The summed E-state index contributed by atoms with van der Waals surface area (Å²) in [6.07, 6.45) is 13.8. The molecule has 1 unspecified atom stereocenters. The highest BCUT2D eigenvalue weighted by molar-refractivity contribution is 6.26. The number of anilines is 3. The second kappa shape index (κ2) is 10.9. The van der Waals surface area contributed by atoms with Crippen LogP contribution in [-0.2, 0) is 9.59 Å². The molecular formula is C34H34FN7O4. The number of rotatable bonds is 6. The van der Waals surface area contributed by atoms with E-state index in [9.17, 15) is 19.5 Å². The molecule has 1 N–H and O–H groups in total. The highest BCUT2D eigenvalue weighted by atomic mass is 19.1. The summed E-state index contributed by atoms with van der Waals surface area (Å²) in [6, 6.07) is 5.45. The summed E-state index contributed by atoms with van der Waals surface area (Å²) in [6.45, 7) is 3.92. The van der Waals surface area contributed by atoms with Crippen LogP contribution in [0, 0.1) is 6.92 Å². The van der Waals surface area contributed by atoms with E-state index in [0.29, 0.717) is 60.3 Å². The predicted molar refractivity (Wildman–Crippen MR) is 168 cm³/mol. The Bertz CT molecular complexity index is 1780. The number of fused-ring (bicyclic) bond motifs is 3. The summed E-state index contributed by atoms with van der Waals surface area (Å²) in [7, 11) is 0. The fourth-order valence-electron chi connectivity index (χ4n) is 6.95. The van der Waals surface area contributed by atoms with E-state index >= 15 is 4.39 Å². The number of amides is 2. The van der Waals surface area contributed by atoms with Gasteiger partial charge in [-0.1, -0.05) is 0 Å². The average Bonchev–Trinajstić information content (AvgIpc) is 3.96. The number of imide groups is 1. The van der Waals surface area contributed by atoms with Gasteiger partial charge in [-0.3, -0.25) is 14.5 Å². The Hall–Kier alpha value is -4.84. The predicted octanol–water partition coefficient (Wildman–Crippen LogP) is 3.68. The molecule has 2 aromatic rings. The maximum absolute atomic E-state index is 15.5. The number of pyridine rings is 2. The number of nitrogens with zero attached hydrogens (tertiary/aromatic N) is 7. The van der Waals surface area contributed by atoms with E-state index in [2.05, 4.69) is 9.97 Å². The van der Waals surface area contributed by atoms with Gasteiger partial charge in [0.25, 0.3) is 5.91 Å². The summed E-state index contributed by atoms with van der Waals surface area (Å²) < 4.78 is 15.5. The molecule has 8 rings (SSSR count). The molecule has 3 fully saturated rings. The van der Waals surface area contributed by atoms with Crippen LogP contribution >= 0.6 is 0 Å². The van der Waals surface area contributed by atoms with Crippen LogP contribution in [0.3, 0.4) is 0 Å². The molecule has 1 saturated heterocycles. The zero-order valence-electron chi connectivity index (χ0n) is 25.5. The van der Waals surface area contributed by atoms with Gasteiger partial charge in [0.2, 0.25) is 5.91 Å². The fraction of sp³-hybridized carbons (Fsp3) is 0.382. The smallest absolute Gasteiger partial charge is 0.337 e. The number of carboxylic acids is 1. The van der Waals surface area contributed by atoms with Crippen molar-refractivity contribution in [3.63, 3.8) is 0 Å². The average molecular weight is 624 g/mol. The largest absolute Gasteiger partial charge is 0.478 e. The van der Waals surface area contributed by atoms with Crippen LogP contribution in [0.25, 0.3) is 0 Å². The van der Waals surface area contributed by atoms with Gasteiger partial charge in [-0.2, -0.15) is 0 Å². The zero-order valence-corrected chi connectivity index (χ0v) is 25.5. The monoisotopic (exact) mass is 623 g/mol. The van der Waals surface area contributed by atoms with Crippen LogP contribution in [0.5, 0.6) is 0 Å². The maximum atomic E-state index is 15.5. The molecule has 2 amide bonds. The second-order valence-electron chi connectivity index (χ2n) is 12.8. The van der Waals surface area contributed by atoms with Crippen molar-refractivity contribution in [2.24, 2.45) is 0 Å². The van der Waals surface area contributed by atoms with Crippen LogP contribution in [0.4, 0.5) is 21.7 Å². The van der Waals surface area contributed by atoms with Gasteiger partial charge in [-0.15, -0.1) is 0 Å². The van der Waals surface area contributed by atoms with E-state index in [1.54, 1.807) is 36.8 Å². The van der Waals surface area contributed by atoms with E-state index in [1.807, 2.05) is 38.7 Å².